The van der Waals surface area contributed by atoms with Crippen LogP contribution in [0.4, 0.5) is 4.79 Å². The maximum absolute atomic E-state index is 11.8. The van der Waals surface area contributed by atoms with Crippen LogP contribution < -0.4 is 10.6 Å². The number of carboxylic acid groups (broad SMARTS) is 1. The Balaban J connectivity index is 2.52. The molecule has 1 rings (SSSR count). The molecule has 3 N–H and O–H groups in total. The average molecular weight is 280 g/mol. The highest BCUT2D eigenvalue weighted by atomic mass is 16.4. The van der Waals surface area contributed by atoms with Gasteiger partial charge in [0.1, 0.15) is 5.54 Å². The van der Waals surface area contributed by atoms with Gasteiger partial charge in [-0.3, -0.25) is 0 Å². The maximum Gasteiger partial charge on any atom is 0.329 e. The lowest BCUT2D eigenvalue weighted by atomic mass is 9.75. The van der Waals surface area contributed by atoms with Crippen molar-refractivity contribution in [2.75, 3.05) is 6.54 Å². The minimum atomic E-state index is -1.10. The van der Waals surface area contributed by atoms with Crippen LogP contribution in [-0.2, 0) is 4.79 Å². The zero-order valence-corrected chi connectivity index (χ0v) is 12.3. The first-order valence-electron chi connectivity index (χ1n) is 7.23. The molecule has 0 spiro atoms. The molecule has 1 aliphatic carbocycles. The Morgan fingerprint density at radius 1 is 1.35 bits per heavy atom. The van der Waals surface area contributed by atoms with Gasteiger partial charge < -0.3 is 15.7 Å². The fraction of sp³-hybridized carbons (Fsp3) is 0.733. The van der Waals surface area contributed by atoms with E-state index < -0.39 is 17.5 Å². The minimum Gasteiger partial charge on any atom is -0.480 e. The largest absolute Gasteiger partial charge is 0.480 e. The molecule has 0 unspecified atom stereocenters. The standard InChI is InChI=1S/C15H24N2O3/c1-3-5-6-11-16-14(20)17-15(13(18)19)9-7-12(4-2)8-10-15/h12H,4,6-11H2,1-2H3,(H,18,19)(H2,16,17,20). The second-order valence-electron chi connectivity index (χ2n) is 5.30. The second-order valence-corrected chi connectivity index (χ2v) is 5.30. The van der Waals surface area contributed by atoms with Gasteiger partial charge in [0.15, 0.2) is 0 Å². The summed E-state index contributed by atoms with van der Waals surface area (Å²) in [5, 5.41) is 14.8. The van der Waals surface area contributed by atoms with Gasteiger partial charge in [0, 0.05) is 13.0 Å². The third-order valence-corrected chi connectivity index (χ3v) is 4.01. The highest BCUT2D eigenvalue weighted by Crippen LogP contribution is 2.33. The number of carbonyl (C=O) groups excluding carboxylic acids is 1. The van der Waals surface area contributed by atoms with Crippen LogP contribution in [0, 0.1) is 17.8 Å². The molecule has 0 bridgehead atoms. The van der Waals surface area contributed by atoms with Crippen LogP contribution in [0.5, 0.6) is 0 Å². The fourth-order valence-corrected chi connectivity index (χ4v) is 2.60. The number of carbonyl (C=O) groups is 2. The summed E-state index contributed by atoms with van der Waals surface area (Å²) in [5.41, 5.74) is -1.10. The van der Waals surface area contributed by atoms with Gasteiger partial charge in [-0.25, -0.2) is 9.59 Å². The molecule has 0 atom stereocenters. The van der Waals surface area contributed by atoms with Crippen LogP contribution in [0.1, 0.15) is 52.4 Å². The SMILES string of the molecule is CC#CCCNC(=O)NC1(C(=O)O)CCC(CC)CC1. The van der Waals surface area contributed by atoms with E-state index in [0.29, 0.717) is 31.7 Å². The third-order valence-electron chi connectivity index (χ3n) is 4.01. The van der Waals surface area contributed by atoms with E-state index in [2.05, 4.69) is 29.4 Å². The Kier molecular flexibility index (Phi) is 6.37. The van der Waals surface area contributed by atoms with Crippen molar-refractivity contribution >= 4 is 12.0 Å². The van der Waals surface area contributed by atoms with E-state index in [0.717, 1.165) is 19.3 Å². The van der Waals surface area contributed by atoms with Crippen molar-refractivity contribution in [2.24, 2.45) is 5.92 Å². The van der Waals surface area contributed by atoms with Crippen LogP contribution in [-0.4, -0.2) is 29.2 Å². The molecule has 1 fully saturated rings. The van der Waals surface area contributed by atoms with Crippen molar-refractivity contribution in [1.29, 1.82) is 0 Å². The molecule has 0 radical (unpaired) electrons. The van der Waals surface area contributed by atoms with E-state index in [-0.39, 0.29) is 0 Å². The Morgan fingerprint density at radius 3 is 2.50 bits per heavy atom. The summed E-state index contributed by atoms with van der Waals surface area (Å²) in [5.74, 6) is 5.23. The monoisotopic (exact) mass is 280 g/mol. The third kappa shape index (κ3) is 4.44. The van der Waals surface area contributed by atoms with Gasteiger partial charge in [-0.05, 0) is 38.5 Å². The molecule has 1 saturated carbocycles. The molecule has 0 heterocycles. The number of urea groups is 1. The highest BCUT2D eigenvalue weighted by Gasteiger charge is 2.42. The van der Waals surface area contributed by atoms with E-state index in [1.54, 1.807) is 6.92 Å². The van der Waals surface area contributed by atoms with Crippen molar-refractivity contribution in [3.63, 3.8) is 0 Å². The van der Waals surface area contributed by atoms with Gasteiger partial charge in [0.05, 0.1) is 0 Å². The van der Waals surface area contributed by atoms with Crippen molar-refractivity contribution in [2.45, 2.75) is 57.9 Å². The first-order valence-corrected chi connectivity index (χ1v) is 7.23. The van der Waals surface area contributed by atoms with Gasteiger partial charge in [-0.15, -0.1) is 11.8 Å². The number of hydrogen-bond donors (Lipinski definition) is 3. The molecule has 2 amide bonds. The summed E-state index contributed by atoms with van der Waals surface area (Å²) in [4.78, 5) is 23.3. The lowest BCUT2D eigenvalue weighted by Gasteiger charge is -2.37. The van der Waals surface area contributed by atoms with Gasteiger partial charge in [-0.1, -0.05) is 13.3 Å². The molecule has 5 heteroatoms. The van der Waals surface area contributed by atoms with Crippen molar-refractivity contribution in [3.8, 4) is 11.8 Å². The molecule has 0 aromatic rings. The summed E-state index contributed by atoms with van der Waals surface area (Å²) >= 11 is 0. The Labute approximate surface area is 120 Å². The van der Waals surface area contributed by atoms with E-state index in [1.807, 2.05) is 0 Å². The molecular weight excluding hydrogens is 256 g/mol. The topological polar surface area (TPSA) is 78.4 Å². The normalized spacial score (nSPS) is 25.2. The summed E-state index contributed by atoms with van der Waals surface area (Å²) in [6, 6.07) is -0.416. The number of amides is 2. The van der Waals surface area contributed by atoms with Gasteiger partial charge in [-0.2, -0.15) is 0 Å². The summed E-state index contributed by atoms with van der Waals surface area (Å²) in [6.45, 7) is 4.29. The first-order chi connectivity index (χ1) is 9.54. The lowest BCUT2D eigenvalue weighted by Crippen LogP contribution is -2.58. The van der Waals surface area contributed by atoms with Crippen molar-refractivity contribution < 1.29 is 14.7 Å². The molecule has 0 aliphatic heterocycles. The van der Waals surface area contributed by atoms with Gasteiger partial charge in [0.2, 0.25) is 0 Å². The molecule has 0 aromatic heterocycles. The van der Waals surface area contributed by atoms with E-state index >= 15 is 0 Å². The fourth-order valence-electron chi connectivity index (χ4n) is 2.60. The number of nitrogens with one attached hydrogen (secondary N) is 2. The first kappa shape index (κ1) is 16.4. The maximum atomic E-state index is 11.8. The number of aliphatic carboxylic acids is 1. The highest BCUT2D eigenvalue weighted by molar-refractivity contribution is 5.86. The van der Waals surface area contributed by atoms with E-state index in [4.69, 9.17) is 0 Å². The van der Waals surface area contributed by atoms with Crippen LogP contribution in [0.3, 0.4) is 0 Å². The molecule has 0 saturated heterocycles. The van der Waals surface area contributed by atoms with Gasteiger partial charge >= 0.3 is 12.0 Å². The molecule has 5 nitrogen and oxygen atoms in total. The van der Waals surface area contributed by atoms with Crippen LogP contribution in [0.2, 0.25) is 0 Å². The van der Waals surface area contributed by atoms with E-state index in [9.17, 15) is 14.7 Å². The summed E-state index contributed by atoms with van der Waals surface area (Å²) < 4.78 is 0. The zero-order valence-electron chi connectivity index (χ0n) is 12.3. The number of carboxylic acids is 1. The predicted octanol–water partition coefficient (Wildman–Crippen LogP) is 2.12. The molecule has 0 aromatic carbocycles. The van der Waals surface area contributed by atoms with Crippen LogP contribution in [0.15, 0.2) is 0 Å². The van der Waals surface area contributed by atoms with E-state index in [1.165, 1.54) is 0 Å². The quantitative estimate of drug-likeness (QED) is 0.533. The van der Waals surface area contributed by atoms with Crippen LogP contribution in [0.25, 0.3) is 0 Å². The van der Waals surface area contributed by atoms with Crippen molar-refractivity contribution in [3.05, 3.63) is 0 Å². The summed E-state index contributed by atoms with van der Waals surface area (Å²) in [6.07, 6.45) is 4.35. The Morgan fingerprint density at radius 2 is 2.00 bits per heavy atom. The molecule has 1 aliphatic rings. The number of rotatable bonds is 5. The zero-order chi connectivity index (χ0) is 15.0. The molecular formula is C15H24N2O3. The predicted molar refractivity (Wildman–Crippen MR) is 77.2 cm³/mol. The summed E-state index contributed by atoms with van der Waals surface area (Å²) in [7, 11) is 0. The van der Waals surface area contributed by atoms with Gasteiger partial charge in [0.25, 0.3) is 0 Å². The molecule has 20 heavy (non-hydrogen) atoms. The van der Waals surface area contributed by atoms with Crippen molar-refractivity contribution in [1.82, 2.24) is 10.6 Å². The molecule has 112 valence electrons. The number of hydrogen-bond acceptors (Lipinski definition) is 2. The smallest absolute Gasteiger partial charge is 0.329 e. The minimum absolute atomic E-state index is 0.416. The Hall–Kier alpha value is -1.70. The lowest BCUT2D eigenvalue weighted by molar-refractivity contribution is -0.146. The second kappa shape index (κ2) is 7.78. The van der Waals surface area contributed by atoms with Crippen LogP contribution >= 0.6 is 0 Å². The average Bonchev–Trinajstić information content (AvgIpc) is 2.44. The Bertz CT molecular complexity index is 401.